The third-order valence-corrected chi connectivity index (χ3v) is 4.42. The first-order valence-electron chi connectivity index (χ1n) is 9.49. The molecule has 2 N–H and O–H groups in total. The lowest BCUT2D eigenvalue weighted by Crippen LogP contribution is -2.31. The van der Waals surface area contributed by atoms with Crippen molar-refractivity contribution in [2.75, 3.05) is 32.0 Å². The number of ether oxygens (including phenoxy) is 3. The predicted molar refractivity (Wildman–Crippen MR) is 118 cm³/mol. The van der Waals surface area contributed by atoms with Crippen molar-refractivity contribution >= 4 is 23.2 Å². The number of rotatable bonds is 8. The van der Waals surface area contributed by atoms with Gasteiger partial charge in [-0.25, -0.2) is 4.68 Å². The highest BCUT2D eigenvalue weighted by Crippen LogP contribution is 2.28. The number of methoxy groups -OCH3 is 3. The molecule has 0 fully saturated rings. The van der Waals surface area contributed by atoms with Crippen LogP contribution in [0.5, 0.6) is 17.2 Å². The van der Waals surface area contributed by atoms with Crippen molar-refractivity contribution < 1.29 is 23.8 Å². The van der Waals surface area contributed by atoms with Gasteiger partial charge in [0, 0.05) is 17.8 Å². The molecule has 1 aromatic heterocycles. The van der Waals surface area contributed by atoms with Crippen LogP contribution >= 0.6 is 0 Å². The number of amides is 2. The molecule has 3 aromatic rings. The summed E-state index contributed by atoms with van der Waals surface area (Å²) in [6.07, 6.45) is 0. The smallest absolute Gasteiger partial charge is 0.276 e. The Morgan fingerprint density at radius 1 is 0.875 bits per heavy atom. The van der Waals surface area contributed by atoms with Gasteiger partial charge < -0.3 is 24.8 Å². The van der Waals surface area contributed by atoms with Gasteiger partial charge in [0.15, 0.2) is 0 Å². The first-order chi connectivity index (χ1) is 15.4. The quantitative estimate of drug-likeness (QED) is 0.553. The van der Waals surface area contributed by atoms with Crippen molar-refractivity contribution in [2.45, 2.75) is 6.54 Å². The molecule has 0 atom stereocenters. The lowest BCUT2D eigenvalue weighted by Gasteiger charge is -2.12. The molecule has 0 radical (unpaired) electrons. The SMILES string of the molecule is COc1ccc(NC(=O)c2ccc(=O)n(CC(=O)Nc3cc(OC)ccc3OC)n2)cc1. The lowest BCUT2D eigenvalue weighted by atomic mass is 10.2. The highest BCUT2D eigenvalue weighted by molar-refractivity contribution is 6.02. The Labute approximate surface area is 183 Å². The zero-order valence-corrected chi connectivity index (χ0v) is 17.7. The van der Waals surface area contributed by atoms with E-state index in [1.165, 1.54) is 26.4 Å². The first-order valence-corrected chi connectivity index (χ1v) is 9.49. The van der Waals surface area contributed by atoms with E-state index >= 15 is 0 Å². The van der Waals surface area contributed by atoms with Gasteiger partial charge in [0.1, 0.15) is 29.5 Å². The highest BCUT2D eigenvalue weighted by Gasteiger charge is 2.14. The standard InChI is InChI=1S/C22H22N4O6/c1-30-15-6-4-14(5-7-15)23-22(29)17-9-11-21(28)26(25-17)13-20(27)24-18-12-16(31-2)8-10-19(18)32-3/h4-12H,13H2,1-3H3,(H,23,29)(H,24,27). The first kappa shape index (κ1) is 22.3. The molecule has 0 aliphatic heterocycles. The van der Waals surface area contributed by atoms with Gasteiger partial charge in [-0.05, 0) is 42.5 Å². The molecular formula is C22H22N4O6. The van der Waals surface area contributed by atoms with Gasteiger partial charge in [-0.3, -0.25) is 14.4 Å². The molecule has 2 aromatic carbocycles. The summed E-state index contributed by atoms with van der Waals surface area (Å²) in [5.41, 5.74) is 0.349. The van der Waals surface area contributed by atoms with Crippen molar-refractivity contribution in [1.29, 1.82) is 0 Å². The zero-order chi connectivity index (χ0) is 23.1. The van der Waals surface area contributed by atoms with Gasteiger partial charge >= 0.3 is 0 Å². The number of aromatic nitrogens is 2. The van der Waals surface area contributed by atoms with Crippen molar-refractivity contribution in [3.8, 4) is 17.2 Å². The lowest BCUT2D eigenvalue weighted by molar-refractivity contribution is -0.117. The van der Waals surface area contributed by atoms with Crippen molar-refractivity contribution in [3.05, 3.63) is 70.6 Å². The molecule has 32 heavy (non-hydrogen) atoms. The monoisotopic (exact) mass is 438 g/mol. The summed E-state index contributed by atoms with van der Waals surface area (Å²) in [4.78, 5) is 37.2. The number of nitrogens with zero attached hydrogens (tertiary/aromatic N) is 2. The van der Waals surface area contributed by atoms with E-state index in [9.17, 15) is 14.4 Å². The largest absolute Gasteiger partial charge is 0.497 e. The Morgan fingerprint density at radius 2 is 1.56 bits per heavy atom. The minimum atomic E-state index is -0.529. The fourth-order valence-corrected chi connectivity index (χ4v) is 2.79. The molecule has 0 aliphatic rings. The van der Waals surface area contributed by atoms with Crippen LogP contribution in [-0.2, 0) is 11.3 Å². The van der Waals surface area contributed by atoms with Gasteiger partial charge in [0.25, 0.3) is 11.5 Å². The Morgan fingerprint density at radius 3 is 2.22 bits per heavy atom. The molecule has 0 spiro atoms. The van der Waals surface area contributed by atoms with E-state index in [4.69, 9.17) is 14.2 Å². The van der Waals surface area contributed by atoms with Crippen LogP contribution in [0.1, 0.15) is 10.5 Å². The molecule has 0 bridgehead atoms. The molecule has 166 valence electrons. The molecule has 3 rings (SSSR count). The van der Waals surface area contributed by atoms with Crippen LogP contribution in [0.2, 0.25) is 0 Å². The summed E-state index contributed by atoms with van der Waals surface area (Å²) in [5.74, 6) is 0.534. The normalized spacial score (nSPS) is 10.2. The van der Waals surface area contributed by atoms with E-state index in [1.54, 1.807) is 49.6 Å². The summed E-state index contributed by atoms with van der Waals surface area (Å²) in [5, 5.41) is 9.34. The van der Waals surface area contributed by atoms with Gasteiger partial charge in [0.05, 0.1) is 27.0 Å². The Balaban J connectivity index is 1.73. The maximum absolute atomic E-state index is 12.5. The van der Waals surface area contributed by atoms with E-state index in [2.05, 4.69) is 15.7 Å². The number of nitrogens with one attached hydrogen (secondary N) is 2. The molecular weight excluding hydrogens is 416 g/mol. The van der Waals surface area contributed by atoms with Crippen LogP contribution < -0.4 is 30.4 Å². The minimum absolute atomic E-state index is 0.0211. The summed E-state index contributed by atoms with van der Waals surface area (Å²) in [6, 6.07) is 14.1. The second-order valence-corrected chi connectivity index (χ2v) is 6.51. The van der Waals surface area contributed by atoms with Crippen molar-refractivity contribution in [1.82, 2.24) is 9.78 Å². The maximum Gasteiger partial charge on any atom is 0.276 e. The second kappa shape index (κ2) is 10.1. The van der Waals surface area contributed by atoms with Crippen molar-refractivity contribution in [3.63, 3.8) is 0 Å². The van der Waals surface area contributed by atoms with E-state index in [0.29, 0.717) is 28.6 Å². The molecule has 0 saturated heterocycles. The summed E-state index contributed by atoms with van der Waals surface area (Å²) in [7, 11) is 4.51. The molecule has 0 unspecified atom stereocenters. The summed E-state index contributed by atoms with van der Waals surface area (Å²) < 4.78 is 16.4. The number of hydrogen-bond donors (Lipinski definition) is 2. The average molecular weight is 438 g/mol. The number of carbonyl (C=O) groups is 2. The Bertz CT molecular complexity index is 1170. The van der Waals surface area contributed by atoms with Crippen LogP contribution in [0.15, 0.2) is 59.4 Å². The number of anilines is 2. The van der Waals surface area contributed by atoms with E-state index < -0.39 is 23.9 Å². The van der Waals surface area contributed by atoms with Crippen LogP contribution in [0.3, 0.4) is 0 Å². The maximum atomic E-state index is 12.5. The average Bonchev–Trinajstić information content (AvgIpc) is 2.80. The van der Waals surface area contributed by atoms with Gasteiger partial charge in [0.2, 0.25) is 5.91 Å². The predicted octanol–water partition coefficient (Wildman–Crippen LogP) is 2.16. The summed E-state index contributed by atoms with van der Waals surface area (Å²) in [6.45, 7) is -0.400. The minimum Gasteiger partial charge on any atom is -0.497 e. The molecule has 0 saturated carbocycles. The number of hydrogen-bond acceptors (Lipinski definition) is 7. The number of carbonyl (C=O) groups excluding carboxylic acids is 2. The Kier molecular flexibility index (Phi) is 7.06. The van der Waals surface area contributed by atoms with Gasteiger partial charge in [-0.1, -0.05) is 0 Å². The number of benzene rings is 2. The van der Waals surface area contributed by atoms with E-state index in [0.717, 1.165) is 4.68 Å². The fraction of sp³-hybridized carbons (Fsp3) is 0.182. The topological polar surface area (TPSA) is 121 Å². The highest BCUT2D eigenvalue weighted by atomic mass is 16.5. The third-order valence-electron chi connectivity index (χ3n) is 4.42. The van der Waals surface area contributed by atoms with Crippen LogP contribution in [0, 0.1) is 0 Å². The van der Waals surface area contributed by atoms with E-state index in [-0.39, 0.29) is 5.69 Å². The third kappa shape index (κ3) is 5.42. The molecule has 2 amide bonds. The van der Waals surface area contributed by atoms with Gasteiger partial charge in [-0.2, -0.15) is 5.10 Å². The molecule has 10 nitrogen and oxygen atoms in total. The molecule has 10 heteroatoms. The van der Waals surface area contributed by atoms with Gasteiger partial charge in [-0.15, -0.1) is 0 Å². The second-order valence-electron chi connectivity index (χ2n) is 6.51. The molecule has 0 aliphatic carbocycles. The fourth-order valence-electron chi connectivity index (χ4n) is 2.79. The van der Waals surface area contributed by atoms with Crippen LogP contribution in [0.4, 0.5) is 11.4 Å². The molecule has 1 heterocycles. The van der Waals surface area contributed by atoms with Crippen LogP contribution in [0.25, 0.3) is 0 Å². The Hall–Kier alpha value is -4.34. The summed E-state index contributed by atoms with van der Waals surface area (Å²) >= 11 is 0. The van der Waals surface area contributed by atoms with E-state index in [1.807, 2.05) is 0 Å². The van der Waals surface area contributed by atoms with Crippen LogP contribution in [-0.4, -0.2) is 42.9 Å². The van der Waals surface area contributed by atoms with Crippen molar-refractivity contribution in [2.24, 2.45) is 0 Å². The zero-order valence-electron chi connectivity index (χ0n) is 17.7.